The summed E-state index contributed by atoms with van der Waals surface area (Å²) in [6.07, 6.45) is 8.18. The van der Waals surface area contributed by atoms with Crippen LogP contribution in [0.3, 0.4) is 0 Å². The molecule has 11 heavy (non-hydrogen) atoms. The van der Waals surface area contributed by atoms with Crippen LogP contribution in [-0.2, 0) is 4.74 Å². The van der Waals surface area contributed by atoms with E-state index in [-0.39, 0.29) is 1.43 Å². The number of ether oxygens (including phenoxy) is 1. The maximum atomic E-state index is 10.2. The van der Waals surface area contributed by atoms with Crippen molar-refractivity contribution in [2.75, 3.05) is 6.61 Å². The van der Waals surface area contributed by atoms with Crippen LogP contribution < -0.4 is 5.73 Å². The second-order valence-electron chi connectivity index (χ2n) is 2.44. The largest absolute Gasteiger partial charge is 0.449 e. The van der Waals surface area contributed by atoms with Gasteiger partial charge in [-0.05, 0) is 6.42 Å². The van der Waals surface area contributed by atoms with Crippen molar-refractivity contribution in [2.24, 2.45) is 11.7 Å². The van der Waals surface area contributed by atoms with Gasteiger partial charge in [0, 0.05) is 7.34 Å². The van der Waals surface area contributed by atoms with E-state index in [1.807, 2.05) is 24.3 Å². The number of primary amides is 1. The lowest BCUT2D eigenvalue weighted by Crippen LogP contribution is -2.18. The maximum Gasteiger partial charge on any atom is 0.404 e. The van der Waals surface area contributed by atoms with Crippen LogP contribution in [0.5, 0.6) is 0 Å². The third kappa shape index (κ3) is 2.89. The van der Waals surface area contributed by atoms with Crippen molar-refractivity contribution in [1.29, 1.82) is 0 Å². The summed E-state index contributed by atoms with van der Waals surface area (Å²) in [5, 5.41) is 0. The minimum atomic E-state index is -0.701. The molecule has 1 amide bonds. The van der Waals surface area contributed by atoms with Gasteiger partial charge in [0.05, 0.1) is 6.61 Å². The zero-order chi connectivity index (χ0) is 8.10. The number of carbonyl (C=O) groups excluding carboxylic acids is 1. The van der Waals surface area contributed by atoms with E-state index in [2.05, 4.69) is 4.74 Å². The van der Waals surface area contributed by atoms with E-state index < -0.39 is 6.09 Å². The summed E-state index contributed by atoms with van der Waals surface area (Å²) in [4.78, 5) is 10.2. The highest BCUT2D eigenvalue weighted by molar-refractivity contribution is 5.64. The van der Waals surface area contributed by atoms with Gasteiger partial charge in [0.2, 0.25) is 0 Å². The van der Waals surface area contributed by atoms with Gasteiger partial charge < -0.3 is 10.5 Å². The molecule has 2 N–H and O–H groups in total. The fourth-order valence-electron chi connectivity index (χ4n) is 0.945. The number of amides is 1. The lowest BCUT2D eigenvalue weighted by atomic mass is 10.0. The predicted molar refractivity (Wildman–Crippen MR) is 44.0 cm³/mol. The average molecular weight is 155 g/mol. The van der Waals surface area contributed by atoms with Crippen molar-refractivity contribution in [3.8, 4) is 0 Å². The first-order valence-corrected chi connectivity index (χ1v) is 3.54. The monoisotopic (exact) mass is 155 g/mol. The molecule has 3 heteroatoms. The minimum absolute atomic E-state index is 0. The van der Waals surface area contributed by atoms with E-state index in [0.717, 1.165) is 6.42 Å². The molecule has 0 aliphatic heterocycles. The Morgan fingerprint density at radius 2 is 2.55 bits per heavy atom. The summed E-state index contributed by atoms with van der Waals surface area (Å²) < 4.78 is 4.64. The molecule has 1 aliphatic carbocycles. The summed E-state index contributed by atoms with van der Waals surface area (Å²) >= 11 is 0. The van der Waals surface area contributed by atoms with Crippen LogP contribution in [0.25, 0.3) is 0 Å². The molecule has 0 heterocycles. The zero-order valence-corrected chi connectivity index (χ0v) is 6.19. The first-order chi connectivity index (χ1) is 5.29. The topological polar surface area (TPSA) is 52.3 Å². The van der Waals surface area contributed by atoms with Crippen molar-refractivity contribution in [2.45, 2.75) is 6.42 Å². The van der Waals surface area contributed by atoms with Gasteiger partial charge in [-0.15, -0.1) is 0 Å². The fourth-order valence-corrected chi connectivity index (χ4v) is 0.945. The maximum absolute atomic E-state index is 10.2. The van der Waals surface area contributed by atoms with Crippen LogP contribution in [0.1, 0.15) is 7.85 Å². The summed E-state index contributed by atoms with van der Waals surface area (Å²) in [6, 6.07) is 0. The van der Waals surface area contributed by atoms with Crippen LogP contribution in [0.15, 0.2) is 24.3 Å². The second-order valence-corrected chi connectivity index (χ2v) is 2.44. The van der Waals surface area contributed by atoms with Gasteiger partial charge in [0.1, 0.15) is 0 Å². The quantitative estimate of drug-likeness (QED) is 0.656. The highest BCUT2D eigenvalue weighted by Gasteiger charge is 2.06. The molecule has 0 fully saturated rings. The first kappa shape index (κ1) is 7.85. The molecule has 0 radical (unpaired) electrons. The van der Waals surface area contributed by atoms with Gasteiger partial charge >= 0.3 is 6.09 Å². The highest BCUT2D eigenvalue weighted by atomic mass is 16.5. The molecule has 1 aliphatic rings. The van der Waals surface area contributed by atoms with Crippen LogP contribution in [0.4, 0.5) is 4.79 Å². The molecule has 0 saturated heterocycles. The molecule has 1 atom stereocenters. The standard InChI is InChI=1S/C8H11NO2.H2/c9-8(10)11-6-7-4-2-1-3-5-7;/h1-4,7H,5-6H2,(H2,9,10);1H. The van der Waals surface area contributed by atoms with Crippen molar-refractivity contribution in [3.05, 3.63) is 24.3 Å². The van der Waals surface area contributed by atoms with Crippen molar-refractivity contribution >= 4 is 6.09 Å². The third-order valence-electron chi connectivity index (χ3n) is 1.51. The van der Waals surface area contributed by atoms with Crippen molar-refractivity contribution < 1.29 is 11.0 Å². The molecule has 0 saturated carbocycles. The van der Waals surface area contributed by atoms with Gasteiger partial charge in [0.25, 0.3) is 0 Å². The van der Waals surface area contributed by atoms with E-state index in [9.17, 15) is 4.79 Å². The fraction of sp³-hybridized carbons (Fsp3) is 0.375. The van der Waals surface area contributed by atoms with Crippen LogP contribution in [0.2, 0.25) is 0 Å². The molecule has 62 valence electrons. The Morgan fingerprint density at radius 1 is 1.73 bits per heavy atom. The van der Waals surface area contributed by atoms with Crippen molar-refractivity contribution in [1.82, 2.24) is 0 Å². The Labute approximate surface area is 67.0 Å². The van der Waals surface area contributed by atoms with E-state index in [1.165, 1.54) is 0 Å². The molecule has 0 aromatic rings. The second kappa shape index (κ2) is 3.81. The van der Waals surface area contributed by atoms with Gasteiger partial charge in [-0.1, -0.05) is 24.3 Å². The van der Waals surface area contributed by atoms with E-state index in [0.29, 0.717) is 12.5 Å². The smallest absolute Gasteiger partial charge is 0.404 e. The third-order valence-corrected chi connectivity index (χ3v) is 1.51. The number of rotatable bonds is 2. The van der Waals surface area contributed by atoms with Gasteiger partial charge in [-0.3, -0.25) is 0 Å². The molecule has 1 rings (SSSR count). The number of carbonyl (C=O) groups is 1. The Kier molecular flexibility index (Phi) is 2.72. The lowest BCUT2D eigenvalue weighted by Gasteiger charge is -2.11. The van der Waals surface area contributed by atoms with Crippen LogP contribution >= 0.6 is 0 Å². The minimum Gasteiger partial charge on any atom is -0.449 e. The summed E-state index contributed by atoms with van der Waals surface area (Å²) in [5.74, 6) is 0.299. The van der Waals surface area contributed by atoms with Crippen LogP contribution in [-0.4, -0.2) is 12.7 Å². The van der Waals surface area contributed by atoms with Gasteiger partial charge in [0.15, 0.2) is 0 Å². The van der Waals surface area contributed by atoms with E-state index >= 15 is 0 Å². The normalized spacial score (nSPS) is 21.6. The number of allylic oxidation sites excluding steroid dienone is 3. The van der Waals surface area contributed by atoms with E-state index in [4.69, 9.17) is 5.73 Å². The predicted octanol–water partition coefficient (Wildman–Crippen LogP) is 1.46. The van der Waals surface area contributed by atoms with Crippen LogP contribution in [0, 0.1) is 5.92 Å². The van der Waals surface area contributed by atoms with Gasteiger partial charge in [-0.2, -0.15) is 0 Å². The summed E-state index contributed by atoms with van der Waals surface area (Å²) in [5.41, 5.74) is 4.81. The molecule has 0 aromatic heterocycles. The Morgan fingerprint density at radius 3 is 3.09 bits per heavy atom. The van der Waals surface area contributed by atoms with Crippen molar-refractivity contribution in [3.63, 3.8) is 0 Å². The summed E-state index contributed by atoms with van der Waals surface area (Å²) in [6.45, 7) is 0.385. The number of hydrogen-bond acceptors (Lipinski definition) is 2. The first-order valence-electron chi connectivity index (χ1n) is 3.54. The molecule has 0 spiro atoms. The Bertz CT molecular complexity index is 201. The highest BCUT2D eigenvalue weighted by Crippen LogP contribution is 2.11. The SMILES string of the molecule is NC(=O)OCC1C=CC=CC1.[HH]. The molecular weight excluding hydrogens is 142 g/mol. The molecule has 0 bridgehead atoms. The lowest BCUT2D eigenvalue weighted by molar-refractivity contribution is 0.145. The molecule has 3 nitrogen and oxygen atoms in total. The number of hydrogen-bond donors (Lipinski definition) is 1. The molecule has 1 unspecified atom stereocenters. The van der Waals surface area contributed by atoms with E-state index in [1.54, 1.807) is 0 Å². The zero-order valence-electron chi connectivity index (χ0n) is 6.19. The molecular formula is C8H13NO2. The van der Waals surface area contributed by atoms with Gasteiger partial charge in [-0.25, -0.2) is 4.79 Å². The average Bonchev–Trinajstić information content (AvgIpc) is 2.03. The Hall–Kier alpha value is -1.25. The summed E-state index contributed by atoms with van der Waals surface area (Å²) in [7, 11) is 0. The molecule has 0 aromatic carbocycles. The number of nitrogens with two attached hydrogens (primary N) is 1. The Balaban J connectivity index is 0.00000121.